The van der Waals surface area contributed by atoms with Gasteiger partial charge in [-0.05, 0) is 47.4 Å². The molecule has 2 aliphatic rings. The van der Waals surface area contributed by atoms with Crippen LogP contribution in [0.4, 0.5) is 0 Å². The summed E-state index contributed by atoms with van der Waals surface area (Å²) in [7, 11) is 0. The average Bonchev–Trinajstić information content (AvgIpc) is 2.91. The molecule has 1 nitrogen and oxygen atoms in total. The lowest BCUT2D eigenvalue weighted by molar-refractivity contribution is 0.240. The second kappa shape index (κ2) is 5.89. The van der Waals surface area contributed by atoms with Crippen molar-refractivity contribution in [1.29, 1.82) is 0 Å². The van der Waals surface area contributed by atoms with Gasteiger partial charge in [-0.2, -0.15) is 0 Å². The van der Waals surface area contributed by atoms with Gasteiger partial charge in [0.25, 0.3) is 0 Å². The lowest BCUT2D eigenvalue weighted by Crippen LogP contribution is -2.31. The largest absolute Gasteiger partial charge is 0.298 e. The van der Waals surface area contributed by atoms with Gasteiger partial charge in [0.1, 0.15) is 0 Å². The van der Waals surface area contributed by atoms with Crippen LogP contribution in [-0.2, 0) is 13.0 Å². The summed E-state index contributed by atoms with van der Waals surface area (Å²) in [4.78, 5) is 2.66. The van der Waals surface area contributed by atoms with Gasteiger partial charge in [-0.1, -0.05) is 67.6 Å². The van der Waals surface area contributed by atoms with Gasteiger partial charge < -0.3 is 0 Å². The highest BCUT2D eigenvalue weighted by molar-refractivity contribution is 5.66. The molecule has 0 N–H and O–H groups in total. The number of benzene rings is 2. The number of rotatable bonds is 3. The van der Waals surface area contributed by atoms with Gasteiger partial charge >= 0.3 is 0 Å². The van der Waals surface area contributed by atoms with Crippen molar-refractivity contribution < 1.29 is 0 Å². The Morgan fingerprint density at radius 1 is 1.17 bits per heavy atom. The molecule has 124 valence electrons. The van der Waals surface area contributed by atoms with Crippen LogP contribution in [0.25, 0.3) is 5.57 Å². The molecular weight excluding hydrogens is 290 g/mol. The Morgan fingerprint density at radius 2 is 1.96 bits per heavy atom. The SMILES string of the molecule is C=C(C)c1cccc2c1CCC1(C)CN(Cc3ccccc3)CC21. The van der Waals surface area contributed by atoms with Crippen LogP contribution in [0.1, 0.15) is 48.4 Å². The van der Waals surface area contributed by atoms with Crippen LogP contribution >= 0.6 is 0 Å². The van der Waals surface area contributed by atoms with Crippen molar-refractivity contribution in [2.24, 2.45) is 5.41 Å². The second-order valence-corrected chi connectivity index (χ2v) is 8.02. The Kier molecular flexibility index (Phi) is 3.85. The van der Waals surface area contributed by atoms with E-state index < -0.39 is 0 Å². The van der Waals surface area contributed by atoms with Crippen LogP contribution in [0, 0.1) is 5.41 Å². The summed E-state index contributed by atoms with van der Waals surface area (Å²) < 4.78 is 0. The molecule has 2 unspecified atom stereocenters. The molecule has 4 rings (SSSR count). The Hall–Kier alpha value is -1.86. The quantitative estimate of drug-likeness (QED) is 0.745. The molecule has 2 aromatic carbocycles. The number of hydrogen-bond donors (Lipinski definition) is 0. The zero-order chi connectivity index (χ0) is 16.7. The third kappa shape index (κ3) is 2.61. The molecule has 0 radical (unpaired) electrons. The minimum Gasteiger partial charge on any atom is -0.298 e. The van der Waals surface area contributed by atoms with Gasteiger partial charge in [0.15, 0.2) is 0 Å². The van der Waals surface area contributed by atoms with Crippen molar-refractivity contribution in [3.8, 4) is 0 Å². The highest BCUT2D eigenvalue weighted by atomic mass is 15.2. The van der Waals surface area contributed by atoms with E-state index in [0.29, 0.717) is 11.3 Å². The van der Waals surface area contributed by atoms with Crippen molar-refractivity contribution in [3.05, 3.63) is 77.4 Å². The minimum absolute atomic E-state index is 0.412. The second-order valence-electron chi connectivity index (χ2n) is 8.02. The summed E-state index contributed by atoms with van der Waals surface area (Å²) in [6.45, 7) is 12.3. The van der Waals surface area contributed by atoms with E-state index in [0.717, 1.165) is 6.54 Å². The Labute approximate surface area is 146 Å². The highest BCUT2D eigenvalue weighted by Crippen LogP contribution is 2.51. The Morgan fingerprint density at radius 3 is 2.71 bits per heavy atom. The maximum absolute atomic E-state index is 4.20. The summed E-state index contributed by atoms with van der Waals surface area (Å²) in [6, 6.07) is 17.7. The molecule has 0 bridgehead atoms. The van der Waals surface area contributed by atoms with Crippen LogP contribution in [-0.4, -0.2) is 18.0 Å². The fourth-order valence-corrected chi connectivity index (χ4v) is 4.87. The maximum atomic E-state index is 4.20. The average molecular weight is 317 g/mol. The molecule has 2 atom stereocenters. The normalized spacial score (nSPS) is 26.0. The van der Waals surface area contributed by atoms with E-state index in [-0.39, 0.29) is 0 Å². The third-order valence-corrected chi connectivity index (χ3v) is 6.11. The van der Waals surface area contributed by atoms with Gasteiger partial charge in [0.2, 0.25) is 0 Å². The van der Waals surface area contributed by atoms with Gasteiger partial charge in [-0.25, -0.2) is 0 Å². The molecule has 0 aromatic heterocycles. The van der Waals surface area contributed by atoms with Crippen molar-refractivity contribution >= 4 is 5.57 Å². The van der Waals surface area contributed by atoms with E-state index in [1.807, 2.05) is 0 Å². The molecular formula is C23H27N. The van der Waals surface area contributed by atoms with Crippen molar-refractivity contribution in [3.63, 3.8) is 0 Å². The third-order valence-electron chi connectivity index (χ3n) is 6.11. The first-order valence-corrected chi connectivity index (χ1v) is 9.11. The van der Waals surface area contributed by atoms with Crippen LogP contribution in [0.5, 0.6) is 0 Å². The van der Waals surface area contributed by atoms with Crippen molar-refractivity contribution in [2.75, 3.05) is 13.1 Å². The first kappa shape index (κ1) is 15.7. The molecule has 1 saturated heterocycles. The monoisotopic (exact) mass is 317 g/mol. The van der Waals surface area contributed by atoms with E-state index in [2.05, 4.69) is 73.9 Å². The first-order valence-electron chi connectivity index (χ1n) is 9.11. The Balaban J connectivity index is 1.64. The van der Waals surface area contributed by atoms with E-state index in [1.165, 1.54) is 42.6 Å². The number of hydrogen-bond acceptors (Lipinski definition) is 1. The van der Waals surface area contributed by atoms with E-state index in [1.54, 1.807) is 11.1 Å². The summed E-state index contributed by atoms with van der Waals surface area (Å²) >= 11 is 0. The first-order chi connectivity index (χ1) is 11.6. The standard InChI is InChI=1S/C23H27N/c1-17(2)19-10-7-11-21-20(19)12-13-23(3)16-24(15-22(21)23)14-18-8-5-4-6-9-18/h4-11,22H,1,12-16H2,2-3H3. The summed E-state index contributed by atoms with van der Waals surface area (Å²) in [5.41, 5.74) is 7.57. The minimum atomic E-state index is 0.412. The highest BCUT2D eigenvalue weighted by Gasteiger charge is 2.46. The number of likely N-dealkylation sites (tertiary alicyclic amines) is 1. The van der Waals surface area contributed by atoms with Crippen molar-refractivity contribution in [1.82, 2.24) is 4.90 Å². The van der Waals surface area contributed by atoms with E-state index >= 15 is 0 Å². The smallest absolute Gasteiger partial charge is 0.0234 e. The predicted molar refractivity (Wildman–Crippen MR) is 102 cm³/mol. The molecule has 0 spiro atoms. The number of nitrogens with zero attached hydrogens (tertiary/aromatic N) is 1. The van der Waals surface area contributed by atoms with Crippen LogP contribution in [0.2, 0.25) is 0 Å². The van der Waals surface area contributed by atoms with Crippen LogP contribution in [0.15, 0.2) is 55.1 Å². The fraction of sp³-hybridized carbons (Fsp3) is 0.391. The van der Waals surface area contributed by atoms with E-state index in [9.17, 15) is 0 Å². The number of fused-ring (bicyclic) bond motifs is 3. The lowest BCUT2D eigenvalue weighted by Gasteiger charge is -2.38. The lowest BCUT2D eigenvalue weighted by atomic mass is 9.66. The van der Waals surface area contributed by atoms with E-state index in [4.69, 9.17) is 0 Å². The molecule has 1 heterocycles. The molecule has 2 aromatic rings. The predicted octanol–water partition coefficient (Wildman–Crippen LogP) is 5.27. The zero-order valence-corrected chi connectivity index (χ0v) is 14.9. The fourth-order valence-electron chi connectivity index (χ4n) is 4.87. The van der Waals surface area contributed by atoms with Crippen molar-refractivity contribution in [2.45, 2.75) is 39.2 Å². The van der Waals surface area contributed by atoms with Gasteiger partial charge in [-0.3, -0.25) is 4.90 Å². The van der Waals surface area contributed by atoms with Gasteiger partial charge in [0, 0.05) is 25.6 Å². The molecule has 1 heteroatoms. The molecule has 0 saturated carbocycles. The van der Waals surface area contributed by atoms with Crippen LogP contribution in [0.3, 0.4) is 0 Å². The Bertz CT molecular complexity index is 761. The summed E-state index contributed by atoms with van der Waals surface area (Å²) in [5, 5.41) is 0. The zero-order valence-electron chi connectivity index (χ0n) is 14.9. The van der Waals surface area contributed by atoms with Crippen LogP contribution < -0.4 is 0 Å². The van der Waals surface area contributed by atoms with Gasteiger partial charge in [0.05, 0.1) is 0 Å². The van der Waals surface area contributed by atoms with Gasteiger partial charge in [-0.15, -0.1) is 0 Å². The number of allylic oxidation sites excluding steroid dienone is 1. The maximum Gasteiger partial charge on any atom is 0.0234 e. The molecule has 1 aliphatic carbocycles. The molecule has 0 amide bonds. The summed E-state index contributed by atoms with van der Waals surface area (Å²) in [6.07, 6.45) is 2.49. The summed E-state index contributed by atoms with van der Waals surface area (Å²) in [5.74, 6) is 0.657. The topological polar surface area (TPSA) is 3.24 Å². The molecule has 24 heavy (non-hydrogen) atoms. The molecule has 1 aliphatic heterocycles. The molecule has 1 fully saturated rings.